The van der Waals surface area contributed by atoms with E-state index in [0.717, 1.165) is 5.56 Å². The molecule has 0 bridgehead atoms. The smallest absolute Gasteiger partial charge is 0.308 e. The number of aliphatic carboxylic acids is 1. The number of nitrogens with one attached hydrogen (secondary N) is 1. The summed E-state index contributed by atoms with van der Waals surface area (Å²) in [6.45, 7) is 5.93. The Labute approximate surface area is 120 Å². The van der Waals surface area contributed by atoms with E-state index in [1.807, 2.05) is 30.3 Å². The van der Waals surface area contributed by atoms with Gasteiger partial charge in [-0.15, -0.1) is 0 Å². The highest BCUT2D eigenvalue weighted by molar-refractivity contribution is 5.78. The Bertz CT molecular complexity index is 442. The van der Waals surface area contributed by atoms with Crippen LogP contribution in [0.2, 0.25) is 0 Å². The van der Waals surface area contributed by atoms with Gasteiger partial charge in [0, 0.05) is 13.0 Å². The van der Waals surface area contributed by atoms with Crippen LogP contribution in [0.5, 0.6) is 0 Å². The van der Waals surface area contributed by atoms with E-state index in [4.69, 9.17) is 5.11 Å². The van der Waals surface area contributed by atoms with Crippen molar-refractivity contribution in [3.8, 4) is 0 Å². The maximum absolute atomic E-state index is 12.0. The van der Waals surface area contributed by atoms with Crippen molar-refractivity contribution in [1.29, 1.82) is 0 Å². The number of amides is 1. The minimum absolute atomic E-state index is 0.0966. The predicted molar refractivity (Wildman–Crippen MR) is 78.4 cm³/mol. The first-order chi connectivity index (χ1) is 9.41. The van der Waals surface area contributed by atoms with Crippen molar-refractivity contribution in [2.24, 2.45) is 11.8 Å². The van der Waals surface area contributed by atoms with Gasteiger partial charge < -0.3 is 10.4 Å². The molecule has 2 atom stereocenters. The molecule has 4 heteroatoms. The second-order valence-electron chi connectivity index (χ2n) is 5.51. The lowest BCUT2D eigenvalue weighted by Gasteiger charge is -2.21. The third-order valence-corrected chi connectivity index (χ3v) is 3.46. The molecular formula is C16H23NO3. The summed E-state index contributed by atoms with van der Waals surface area (Å²) in [5, 5.41) is 11.5. The molecule has 0 spiro atoms. The molecule has 0 heterocycles. The number of carboxylic acids is 1. The molecule has 0 radical (unpaired) electrons. The van der Waals surface area contributed by atoms with Crippen LogP contribution in [-0.4, -0.2) is 23.5 Å². The molecule has 4 nitrogen and oxygen atoms in total. The van der Waals surface area contributed by atoms with Gasteiger partial charge in [0.1, 0.15) is 0 Å². The fourth-order valence-electron chi connectivity index (χ4n) is 2.06. The van der Waals surface area contributed by atoms with Crippen LogP contribution in [0.25, 0.3) is 0 Å². The molecule has 1 aromatic carbocycles. The van der Waals surface area contributed by atoms with E-state index in [0.29, 0.717) is 12.3 Å². The fourth-order valence-corrected chi connectivity index (χ4v) is 2.06. The Balaban J connectivity index is 2.59. The zero-order chi connectivity index (χ0) is 15.1. The average Bonchev–Trinajstić information content (AvgIpc) is 2.42. The van der Waals surface area contributed by atoms with Crippen molar-refractivity contribution in [3.63, 3.8) is 0 Å². The molecule has 1 aromatic rings. The maximum Gasteiger partial charge on any atom is 0.308 e. The minimum atomic E-state index is -0.895. The van der Waals surface area contributed by atoms with E-state index in [1.54, 1.807) is 6.92 Å². The van der Waals surface area contributed by atoms with Crippen LogP contribution in [0, 0.1) is 11.8 Å². The zero-order valence-electron chi connectivity index (χ0n) is 12.3. The standard InChI is InChI=1S/C16H23NO3/c1-11(2)14(13-7-5-4-6-8-13)9-15(18)17-10-12(3)16(19)20/h4-8,11-12,14H,9-10H2,1-3H3,(H,17,18)(H,19,20)/t12-,14-/m0/s1. The summed E-state index contributed by atoms with van der Waals surface area (Å²) in [5.74, 6) is -1.06. The summed E-state index contributed by atoms with van der Waals surface area (Å²) in [5.41, 5.74) is 1.14. The Morgan fingerprint density at radius 3 is 2.25 bits per heavy atom. The lowest BCUT2D eigenvalue weighted by atomic mass is 9.85. The molecular weight excluding hydrogens is 254 g/mol. The van der Waals surface area contributed by atoms with Gasteiger partial charge in [-0.3, -0.25) is 9.59 Å². The summed E-state index contributed by atoms with van der Waals surface area (Å²) in [4.78, 5) is 22.7. The van der Waals surface area contributed by atoms with Gasteiger partial charge in [0.15, 0.2) is 0 Å². The Morgan fingerprint density at radius 1 is 1.15 bits per heavy atom. The first kappa shape index (κ1) is 16.2. The van der Waals surface area contributed by atoms with Gasteiger partial charge in [0.05, 0.1) is 5.92 Å². The molecule has 0 saturated heterocycles. The van der Waals surface area contributed by atoms with Crippen LogP contribution in [0.4, 0.5) is 0 Å². The van der Waals surface area contributed by atoms with Crippen molar-refractivity contribution in [2.45, 2.75) is 33.1 Å². The number of hydrogen-bond donors (Lipinski definition) is 2. The Morgan fingerprint density at radius 2 is 1.75 bits per heavy atom. The number of benzene rings is 1. The van der Waals surface area contributed by atoms with Crippen LogP contribution in [0.15, 0.2) is 30.3 Å². The van der Waals surface area contributed by atoms with Crippen molar-refractivity contribution >= 4 is 11.9 Å². The molecule has 20 heavy (non-hydrogen) atoms. The predicted octanol–water partition coefficient (Wildman–Crippen LogP) is 2.65. The van der Waals surface area contributed by atoms with E-state index in [2.05, 4.69) is 19.2 Å². The van der Waals surface area contributed by atoms with Crippen LogP contribution in [0.1, 0.15) is 38.7 Å². The zero-order valence-corrected chi connectivity index (χ0v) is 12.3. The molecule has 0 unspecified atom stereocenters. The summed E-state index contributed by atoms with van der Waals surface area (Å²) in [7, 11) is 0. The molecule has 110 valence electrons. The Hall–Kier alpha value is -1.84. The second kappa shape index (κ2) is 7.68. The van der Waals surface area contributed by atoms with E-state index in [-0.39, 0.29) is 18.4 Å². The third-order valence-electron chi connectivity index (χ3n) is 3.46. The highest BCUT2D eigenvalue weighted by Gasteiger charge is 2.20. The van der Waals surface area contributed by atoms with E-state index in [1.165, 1.54) is 0 Å². The second-order valence-corrected chi connectivity index (χ2v) is 5.51. The maximum atomic E-state index is 12.0. The molecule has 0 saturated carbocycles. The van der Waals surface area contributed by atoms with Crippen molar-refractivity contribution in [2.75, 3.05) is 6.54 Å². The van der Waals surface area contributed by atoms with Gasteiger partial charge in [-0.1, -0.05) is 51.1 Å². The molecule has 0 aliphatic carbocycles. The highest BCUT2D eigenvalue weighted by Crippen LogP contribution is 2.27. The van der Waals surface area contributed by atoms with Gasteiger partial charge in [-0.05, 0) is 17.4 Å². The fraction of sp³-hybridized carbons (Fsp3) is 0.500. The monoisotopic (exact) mass is 277 g/mol. The van der Waals surface area contributed by atoms with Crippen LogP contribution < -0.4 is 5.32 Å². The van der Waals surface area contributed by atoms with E-state index in [9.17, 15) is 9.59 Å². The van der Waals surface area contributed by atoms with Crippen molar-refractivity contribution < 1.29 is 14.7 Å². The van der Waals surface area contributed by atoms with Crippen LogP contribution >= 0.6 is 0 Å². The molecule has 2 N–H and O–H groups in total. The molecule has 1 amide bonds. The number of hydrogen-bond acceptors (Lipinski definition) is 2. The number of carbonyl (C=O) groups is 2. The quantitative estimate of drug-likeness (QED) is 0.805. The van der Waals surface area contributed by atoms with Crippen LogP contribution in [0.3, 0.4) is 0 Å². The van der Waals surface area contributed by atoms with Gasteiger partial charge in [-0.2, -0.15) is 0 Å². The highest BCUT2D eigenvalue weighted by atomic mass is 16.4. The first-order valence-electron chi connectivity index (χ1n) is 6.96. The summed E-state index contributed by atoms with van der Waals surface area (Å²) < 4.78 is 0. The summed E-state index contributed by atoms with van der Waals surface area (Å²) >= 11 is 0. The van der Waals surface area contributed by atoms with Gasteiger partial charge >= 0.3 is 5.97 Å². The van der Waals surface area contributed by atoms with Gasteiger partial charge in [0.2, 0.25) is 5.91 Å². The van der Waals surface area contributed by atoms with Crippen LogP contribution in [-0.2, 0) is 9.59 Å². The molecule has 0 aromatic heterocycles. The van der Waals surface area contributed by atoms with E-state index < -0.39 is 11.9 Å². The summed E-state index contributed by atoms with van der Waals surface area (Å²) in [6, 6.07) is 9.94. The van der Waals surface area contributed by atoms with Crippen molar-refractivity contribution in [3.05, 3.63) is 35.9 Å². The average molecular weight is 277 g/mol. The lowest BCUT2D eigenvalue weighted by molar-refractivity contribution is -0.141. The number of carboxylic acid groups (broad SMARTS) is 1. The lowest BCUT2D eigenvalue weighted by Crippen LogP contribution is -2.32. The molecule has 0 aliphatic rings. The van der Waals surface area contributed by atoms with Gasteiger partial charge in [0.25, 0.3) is 0 Å². The minimum Gasteiger partial charge on any atom is -0.481 e. The van der Waals surface area contributed by atoms with Crippen molar-refractivity contribution in [1.82, 2.24) is 5.32 Å². The number of carbonyl (C=O) groups excluding carboxylic acids is 1. The van der Waals surface area contributed by atoms with E-state index >= 15 is 0 Å². The molecule has 0 aliphatic heterocycles. The summed E-state index contributed by atoms with van der Waals surface area (Å²) in [6.07, 6.45) is 0.383. The largest absolute Gasteiger partial charge is 0.481 e. The molecule has 1 rings (SSSR count). The third kappa shape index (κ3) is 5.03. The number of rotatable bonds is 7. The van der Waals surface area contributed by atoms with Gasteiger partial charge in [-0.25, -0.2) is 0 Å². The normalized spacial score (nSPS) is 13.8. The Kier molecular flexibility index (Phi) is 6.22. The molecule has 0 fully saturated rings. The topological polar surface area (TPSA) is 66.4 Å². The first-order valence-corrected chi connectivity index (χ1v) is 6.96. The SMILES string of the molecule is CC(C)[C@H](CC(=O)NC[C@H](C)C(=O)O)c1ccccc1.